The van der Waals surface area contributed by atoms with Crippen LogP contribution in [0.2, 0.25) is 0 Å². The van der Waals surface area contributed by atoms with Crippen LogP contribution in [0.5, 0.6) is 5.75 Å². The maximum absolute atomic E-state index is 13.3. The highest BCUT2D eigenvalue weighted by Crippen LogP contribution is 2.27. The van der Waals surface area contributed by atoms with Crippen molar-refractivity contribution in [2.75, 3.05) is 0 Å². The van der Waals surface area contributed by atoms with Crippen molar-refractivity contribution in [2.45, 2.75) is 6.61 Å². The molecule has 24 heavy (non-hydrogen) atoms. The van der Waals surface area contributed by atoms with Crippen LogP contribution >= 0.6 is 0 Å². The van der Waals surface area contributed by atoms with E-state index < -0.39 is 11.6 Å². The van der Waals surface area contributed by atoms with Gasteiger partial charge >= 0.3 is 0 Å². The normalized spacial score (nSPS) is 10.4. The second-order valence-electron chi connectivity index (χ2n) is 5.30. The van der Waals surface area contributed by atoms with Gasteiger partial charge in [0, 0.05) is 6.07 Å². The minimum Gasteiger partial charge on any atom is -0.488 e. The first-order valence-electron chi connectivity index (χ1n) is 7.38. The van der Waals surface area contributed by atoms with E-state index in [1.165, 1.54) is 12.1 Å². The van der Waals surface area contributed by atoms with Gasteiger partial charge in [-0.05, 0) is 41.0 Å². The monoisotopic (exact) mass is 324 g/mol. The lowest BCUT2D eigenvalue weighted by Gasteiger charge is -2.10. The van der Waals surface area contributed by atoms with Crippen LogP contribution in [0, 0.1) is 11.6 Å². The van der Waals surface area contributed by atoms with E-state index >= 15 is 0 Å². The molecular weight excluding hydrogens is 310 g/mol. The molecule has 0 bridgehead atoms. The molecule has 120 valence electrons. The number of ether oxygens (including phenoxy) is 1. The summed E-state index contributed by atoms with van der Waals surface area (Å²) in [5.41, 5.74) is 2.21. The molecule has 0 N–H and O–H groups in total. The Kier molecular flexibility index (Phi) is 4.66. The molecule has 2 nitrogen and oxygen atoms in total. The van der Waals surface area contributed by atoms with Crippen LogP contribution in [0.25, 0.3) is 11.1 Å². The maximum atomic E-state index is 13.3. The van der Waals surface area contributed by atoms with E-state index in [0.29, 0.717) is 35.3 Å². The van der Waals surface area contributed by atoms with E-state index in [2.05, 4.69) is 0 Å². The second kappa shape index (κ2) is 7.04. The molecule has 0 aliphatic rings. The third kappa shape index (κ3) is 3.66. The van der Waals surface area contributed by atoms with Crippen molar-refractivity contribution in [3.63, 3.8) is 0 Å². The minimum absolute atomic E-state index is 0.327. The number of hydrogen-bond donors (Lipinski definition) is 0. The summed E-state index contributed by atoms with van der Waals surface area (Å²) in [6.07, 6.45) is 0.666. The van der Waals surface area contributed by atoms with Crippen molar-refractivity contribution in [1.29, 1.82) is 0 Å². The summed E-state index contributed by atoms with van der Waals surface area (Å²) < 4.78 is 32.4. The molecule has 0 aromatic heterocycles. The number of carbonyl (C=O) groups is 1. The third-order valence-electron chi connectivity index (χ3n) is 3.57. The van der Waals surface area contributed by atoms with Gasteiger partial charge < -0.3 is 4.74 Å². The molecule has 0 atom stereocenters. The fourth-order valence-corrected chi connectivity index (χ4v) is 2.41. The molecule has 3 aromatic rings. The molecular formula is C20H14F2O2. The van der Waals surface area contributed by atoms with Gasteiger partial charge in [-0.3, -0.25) is 4.79 Å². The number of aldehydes is 1. The van der Waals surface area contributed by atoms with Gasteiger partial charge in [0.1, 0.15) is 24.0 Å². The molecule has 4 heteroatoms. The van der Waals surface area contributed by atoms with Gasteiger partial charge in [-0.2, -0.15) is 0 Å². The molecule has 0 heterocycles. The Bertz CT molecular complexity index is 841. The molecule has 0 unspecified atom stereocenters. The van der Waals surface area contributed by atoms with Crippen LogP contribution in [-0.4, -0.2) is 6.29 Å². The Morgan fingerprint density at radius 3 is 2.21 bits per heavy atom. The smallest absolute Gasteiger partial charge is 0.153 e. The summed E-state index contributed by atoms with van der Waals surface area (Å²) in [6, 6.07) is 17.7. The number of carbonyl (C=O) groups excluding carboxylic acids is 1. The first kappa shape index (κ1) is 15.9. The van der Waals surface area contributed by atoms with E-state index in [1.54, 1.807) is 18.2 Å². The number of halogens is 2. The molecule has 0 spiro atoms. The van der Waals surface area contributed by atoms with Crippen molar-refractivity contribution in [3.05, 3.63) is 89.5 Å². The van der Waals surface area contributed by atoms with Crippen molar-refractivity contribution in [3.8, 4) is 16.9 Å². The maximum Gasteiger partial charge on any atom is 0.153 e. The number of rotatable bonds is 5. The summed E-state index contributed by atoms with van der Waals surface area (Å²) in [6.45, 7) is 0.329. The van der Waals surface area contributed by atoms with E-state index in [0.717, 1.165) is 11.6 Å². The summed E-state index contributed by atoms with van der Waals surface area (Å²) >= 11 is 0. The highest BCUT2D eigenvalue weighted by atomic mass is 19.1. The SMILES string of the molecule is O=Cc1cc(-c2cc(F)cc(F)c2)ccc1OCc1ccccc1. The van der Waals surface area contributed by atoms with E-state index in [1.807, 2.05) is 30.3 Å². The van der Waals surface area contributed by atoms with Crippen molar-refractivity contribution >= 4 is 6.29 Å². The largest absolute Gasteiger partial charge is 0.488 e. The fraction of sp³-hybridized carbons (Fsp3) is 0.0500. The predicted molar refractivity (Wildman–Crippen MR) is 88.0 cm³/mol. The summed E-state index contributed by atoms with van der Waals surface area (Å²) in [4.78, 5) is 11.3. The second-order valence-corrected chi connectivity index (χ2v) is 5.30. The minimum atomic E-state index is -0.665. The molecule has 0 radical (unpaired) electrons. The van der Waals surface area contributed by atoms with Gasteiger partial charge in [-0.15, -0.1) is 0 Å². The fourth-order valence-electron chi connectivity index (χ4n) is 2.41. The average molecular weight is 324 g/mol. The lowest BCUT2D eigenvalue weighted by Crippen LogP contribution is -1.98. The zero-order valence-corrected chi connectivity index (χ0v) is 12.7. The van der Waals surface area contributed by atoms with Crippen LogP contribution in [0.3, 0.4) is 0 Å². The van der Waals surface area contributed by atoms with E-state index in [9.17, 15) is 13.6 Å². The Hall–Kier alpha value is -3.01. The lowest BCUT2D eigenvalue weighted by atomic mass is 10.0. The van der Waals surface area contributed by atoms with Gasteiger partial charge in [0.15, 0.2) is 6.29 Å². The topological polar surface area (TPSA) is 26.3 Å². The summed E-state index contributed by atoms with van der Waals surface area (Å²) in [5.74, 6) is -0.904. The Labute approximate surface area is 138 Å². The van der Waals surface area contributed by atoms with Gasteiger partial charge in [-0.25, -0.2) is 8.78 Å². The number of benzene rings is 3. The van der Waals surface area contributed by atoms with Crippen molar-refractivity contribution < 1.29 is 18.3 Å². The molecule has 0 fully saturated rings. The van der Waals surface area contributed by atoms with E-state index in [-0.39, 0.29) is 0 Å². The van der Waals surface area contributed by atoms with E-state index in [4.69, 9.17) is 4.74 Å². The summed E-state index contributed by atoms with van der Waals surface area (Å²) in [7, 11) is 0. The standard InChI is InChI=1S/C20H14F2O2/c21-18-9-16(10-19(22)11-18)15-6-7-20(17(8-15)12-23)24-13-14-4-2-1-3-5-14/h1-12H,13H2. The van der Waals surface area contributed by atoms with Crippen molar-refractivity contribution in [2.24, 2.45) is 0 Å². The van der Waals surface area contributed by atoms with Crippen LogP contribution in [0.15, 0.2) is 66.7 Å². The first-order chi connectivity index (χ1) is 11.7. The molecule has 3 aromatic carbocycles. The molecule has 0 aliphatic carbocycles. The average Bonchev–Trinajstić information content (AvgIpc) is 2.60. The predicted octanol–water partition coefficient (Wildman–Crippen LogP) is 5.02. The van der Waals surface area contributed by atoms with Gasteiger partial charge in [-0.1, -0.05) is 36.4 Å². The first-order valence-corrected chi connectivity index (χ1v) is 7.38. The molecule has 0 saturated carbocycles. The molecule has 0 saturated heterocycles. The molecule has 0 aliphatic heterocycles. The van der Waals surface area contributed by atoms with Gasteiger partial charge in [0.05, 0.1) is 5.56 Å². The summed E-state index contributed by atoms with van der Waals surface area (Å²) in [5, 5.41) is 0. The Morgan fingerprint density at radius 1 is 0.833 bits per heavy atom. The zero-order valence-electron chi connectivity index (χ0n) is 12.7. The zero-order chi connectivity index (χ0) is 16.9. The number of hydrogen-bond acceptors (Lipinski definition) is 2. The van der Waals surface area contributed by atoms with Crippen molar-refractivity contribution in [1.82, 2.24) is 0 Å². The highest BCUT2D eigenvalue weighted by molar-refractivity contribution is 5.83. The van der Waals surface area contributed by atoms with Crippen LogP contribution < -0.4 is 4.74 Å². The molecule has 0 amide bonds. The van der Waals surface area contributed by atoms with Gasteiger partial charge in [0.2, 0.25) is 0 Å². The van der Waals surface area contributed by atoms with Crippen LogP contribution in [-0.2, 0) is 6.61 Å². The Balaban J connectivity index is 1.86. The quantitative estimate of drug-likeness (QED) is 0.616. The van der Waals surface area contributed by atoms with Crippen LogP contribution in [0.1, 0.15) is 15.9 Å². The third-order valence-corrected chi connectivity index (χ3v) is 3.57. The Morgan fingerprint density at radius 2 is 1.54 bits per heavy atom. The van der Waals surface area contributed by atoms with Crippen LogP contribution in [0.4, 0.5) is 8.78 Å². The molecule has 3 rings (SSSR count). The highest BCUT2D eigenvalue weighted by Gasteiger charge is 2.08. The van der Waals surface area contributed by atoms with Gasteiger partial charge in [0.25, 0.3) is 0 Å². The lowest BCUT2D eigenvalue weighted by molar-refractivity contribution is 0.111.